The number of benzene rings is 2. The van der Waals surface area contributed by atoms with Gasteiger partial charge in [0.25, 0.3) is 0 Å². The van der Waals surface area contributed by atoms with Crippen LogP contribution >= 0.6 is 0 Å². The minimum absolute atomic E-state index is 0.106. The van der Waals surface area contributed by atoms with E-state index in [1.807, 2.05) is 30.3 Å². The second kappa shape index (κ2) is 5.56. The Morgan fingerprint density at radius 3 is 2.71 bits per heavy atom. The number of hydrogen-bond acceptors (Lipinski definition) is 4. The minimum atomic E-state index is -0.106. The highest BCUT2D eigenvalue weighted by molar-refractivity contribution is 5.60. The van der Waals surface area contributed by atoms with Crippen LogP contribution in [0.1, 0.15) is 17.2 Å². The van der Waals surface area contributed by atoms with Crippen LogP contribution in [0.25, 0.3) is 0 Å². The number of hydrogen-bond donors (Lipinski definition) is 1. The maximum Gasteiger partial charge on any atom is 0.145 e. The van der Waals surface area contributed by atoms with Gasteiger partial charge in [-0.2, -0.15) is 0 Å². The molecule has 0 saturated heterocycles. The van der Waals surface area contributed by atoms with Crippen LogP contribution in [0.2, 0.25) is 0 Å². The predicted molar refractivity (Wildman–Crippen MR) is 82.6 cm³/mol. The normalized spacial score (nSPS) is 16.4. The van der Waals surface area contributed by atoms with Gasteiger partial charge in [-0.05, 0) is 42.8 Å². The van der Waals surface area contributed by atoms with Crippen LogP contribution in [0, 0.1) is 6.92 Å². The molecular formula is C17H19NO3. The van der Waals surface area contributed by atoms with Crippen LogP contribution in [-0.4, -0.2) is 20.8 Å². The van der Waals surface area contributed by atoms with Crippen molar-refractivity contribution in [3.63, 3.8) is 0 Å². The van der Waals surface area contributed by atoms with E-state index < -0.39 is 0 Å². The van der Waals surface area contributed by atoms with Gasteiger partial charge < -0.3 is 19.5 Å². The zero-order valence-electron chi connectivity index (χ0n) is 12.5. The van der Waals surface area contributed by atoms with Crippen LogP contribution in [0.4, 0.5) is 5.69 Å². The summed E-state index contributed by atoms with van der Waals surface area (Å²) in [5.74, 6) is 2.46. The summed E-state index contributed by atoms with van der Waals surface area (Å²) in [5, 5.41) is 3.42. The van der Waals surface area contributed by atoms with Gasteiger partial charge in [0.05, 0.1) is 26.5 Å². The Labute approximate surface area is 124 Å². The van der Waals surface area contributed by atoms with E-state index in [4.69, 9.17) is 14.2 Å². The van der Waals surface area contributed by atoms with Gasteiger partial charge >= 0.3 is 0 Å². The number of nitrogens with one attached hydrogen (secondary N) is 1. The lowest BCUT2D eigenvalue weighted by Crippen LogP contribution is -2.24. The fraction of sp³-hybridized carbons (Fsp3) is 0.294. The molecule has 4 nitrogen and oxygen atoms in total. The van der Waals surface area contributed by atoms with E-state index in [-0.39, 0.29) is 6.10 Å². The summed E-state index contributed by atoms with van der Waals surface area (Å²) in [6.07, 6.45) is -0.106. The van der Waals surface area contributed by atoms with Gasteiger partial charge in [-0.15, -0.1) is 0 Å². The maximum atomic E-state index is 6.12. The van der Waals surface area contributed by atoms with E-state index in [9.17, 15) is 0 Å². The van der Waals surface area contributed by atoms with E-state index in [2.05, 4.69) is 18.3 Å². The second-order valence-electron chi connectivity index (χ2n) is 5.09. The van der Waals surface area contributed by atoms with Gasteiger partial charge in [-0.1, -0.05) is 6.07 Å². The first kappa shape index (κ1) is 13.6. The monoisotopic (exact) mass is 285 g/mol. The summed E-state index contributed by atoms with van der Waals surface area (Å²) in [7, 11) is 3.32. The molecule has 1 heterocycles. The quantitative estimate of drug-likeness (QED) is 0.936. The van der Waals surface area contributed by atoms with E-state index in [0.29, 0.717) is 6.54 Å². The molecular weight excluding hydrogens is 266 g/mol. The average Bonchev–Trinajstić information content (AvgIpc) is 2.53. The van der Waals surface area contributed by atoms with Gasteiger partial charge in [-0.25, -0.2) is 0 Å². The molecule has 1 unspecified atom stereocenters. The Morgan fingerprint density at radius 2 is 1.95 bits per heavy atom. The molecule has 110 valence electrons. The molecule has 1 aliphatic rings. The zero-order valence-corrected chi connectivity index (χ0v) is 12.5. The van der Waals surface area contributed by atoms with E-state index >= 15 is 0 Å². The summed E-state index contributed by atoms with van der Waals surface area (Å²) >= 11 is 0. The Balaban J connectivity index is 1.93. The van der Waals surface area contributed by atoms with Crippen molar-refractivity contribution in [2.75, 3.05) is 26.1 Å². The zero-order chi connectivity index (χ0) is 14.8. The Kier molecular flexibility index (Phi) is 3.60. The van der Waals surface area contributed by atoms with Crippen molar-refractivity contribution >= 4 is 5.69 Å². The molecule has 3 rings (SSSR count). The van der Waals surface area contributed by atoms with Crippen LogP contribution < -0.4 is 19.5 Å². The maximum absolute atomic E-state index is 6.12. The van der Waals surface area contributed by atoms with Crippen molar-refractivity contribution in [1.29, 1.82) is 0 Å². The fourth-order valence-corrected chi connectivity index (χ4v) is 2.55. The molecule has 0 aliphatic carbocycles. The van der Waals surface area contributed by atoms with Gasteiger partial charge in [-0.3, -0.25) is 0 Å². The first-order valence-corrected chi connectivity index (χ1v) is 6.94. The fourth-order valence-electron chi connectivity index (χ4n) is 2.55. The van der Waals surface area contributed by atoms with Gasteiger partial charge in [0, 0.05) is 5.56 Å². The average molecular weight is 285 g/mol. The molecule has 0 bridgehead atoms. The van der Waals surface area contributed by atoms with Crippen molar-refractivity contribution in [3.8, 4) is 17.2 Å². The number of rotatable bonds is 3. The topological polar surface area (TPSA) is 39.7 Å². The lowest BCUT2D eigenvalue weighted by atomic mass is 10.1. The minimum Gasteiger partial charge on any atom is -0.497 e. The molecule has 2 aromatic carbocycles. The molecule has 0 radical (unpaired) electrons. The smallest absolute Gasteiger partial charge is 0.145 e. The van der Waals surface area contributed by atoms with Crippen LogP contribution in [0.3, 0.4) is 0 Å². The highest BCUT2D eigenvalue weighted by Crippen LogP contribution is 2.38. The van der Waals surface area contributed by atoms with Crippen LogP contribution in [0.15, 0.2) is 36.4 Å². The van der Waals surface area contributed by atoms with Crippen molar-refractivity contribution in [1.82, 2.24) is 0 Å². The number of fused-ring (bicyclic) bond motifs is 1. The standard InChI is InChI=1S/C17H19NO3/c1-11-4-6-16-14(8-11)18-10-17(21-16)13-9-12(19-2)5-7-15(13)20-3/h4-9,17-18H,10H2,1-3H3. The van der Waals surface area contributed by atoms with Crippen LogP contribution in [0.5, 0.6) is 17.2 Å². The van der Waals surface area contributed by atoms with Gasteiger partial charge in [0.2, 0.25) is 0 Å². The molecule has 0 fully saturated rings. The molecule has 0 aromatic heterocycles. The number of ether oxygens (including phenoxy) is 3. The highest BCUT2D eigenvalue weighted by atomic mass is 16.5. The summed E-state index contributed by atoms with van der Waals surface area (Å²) < 4.78 is 16.9. The van der Waals surface area contributed by atoms with Gasteiger partial charge in [0.1, 0.15) is 23.4 Å². The van der Waals surface area contributed by atoms with E-state index in [1.165, 1.54) is 5.56 Å². The molecule has 0 spiro atoms. The highest BCUT2D eigenvalue weighted by Gasteiger charge is 2.24. The second-order valence-corrected chi connectivity index (χ2v) is 5.09. The largest absolute Gasteiger partial charge is 0.497 e. The third kappa shape index (κ3) is 2.61. The van der Waals surface area contributed by atoms with E-state index in [0.717, 1.165) is 28.5 Å². The summed E-state index contributed by atoms with van der Waals surface area (Å²) in [6, 6.07) is 11.9. The molecule has 21 heavy (non-hydrogen) atoms. The molecule has 0 saturated carbocycles. The Morgan fingerprint density at radius 1 is 1.10 bits per heavy atom. The molecule has 1 aliphatic heterocycles. The third-order valence-corrected chi connectivity index (χ3v) is 3.67. The van der Waals surface area contributed by atoms with Crippen molar-refractivity contribution in [2.24, 2.45) is 0 Å². The summed E-state index contributed by atoms with van der Waals surface area (Å²) in [4.78, 5) is 0. The SMILES string of the molecule is COc1ccc(OC)c(C2CNc3cc(C)ccc3O2)c1. The summed E-state index contributed by atoms with van der Waals surface area (Å²) in [6.45, 7) is 2.76. The lowest BCUT2D eigenvalue weighted by Gasteiger charge is -2.29. The molecule has 0 amide bonds. The Hall–Kier alpha value is -2.36. The lowest BCUT2D eigenvalue weighted by molar-refractivity contribution is 0.204. The molecule has 1 atom stereocenters. The molecule has 4 heteroatoms. The van der Waals surface area contributed by atoms with Crippen molar-refractivity contribution < 1.29 is 14.2 Å². The molecule has 1 N–H and O–H groups in total. The van der Waals surface area contributed by atoms with Crippen LogP contribution in [-0.2, 0) is 0 Å². The number of anilines is 1. The number of methoxy groups -OCH3 is 2. The number of aryl methyl sites for hydroxylation is 1. The predicted octanol–water partition coefficient (Wildman–Crippen LogP) is 3.56. The van der Waals surface area contributed by atoms with Crippen molar-refractivity contribution in [2.45, 2.75) is 13.0 Å². The van der Waals surface area contributed by atoms with E-state index in [1.54, 1.807) is 14.2 Å². The molecule has 2 aromatic rings. The Bertz CT molecular complexity index is 654. The van der Waals surface area contributed by atoms with Gasteiger partial charge in [0.15, 0.2) is 0 Å². The van der Waals surface area contributed by atoms with Crippen molar-refractivity contribution in [3.05, 3.63) is 47.5 Å². The summed E-state index contributed by atoms with van der Waals surface area (Å²) in [5.41, 5.74) is 3.23. The first-order valence-electron chi connectivity index (χ1n) is 6.94. The third-order valence-electron chi connectivity index (χ3n) is 3.67. The first-order chi connectivity index (χ1) is 10.2.